The van der Waals surface area contributed by atoms with E-state index in [4.69, 9.17) is 4.74 Å². The monoisotopic (exact) mass is 638 g/mol. The molecule has 5 aliphatic rings. The third kappa shape index (κ3) is 8.15. The molecular formula is C37H62N6OS. The van der Waals surface area contributed by atoms with Crippen molar-refractivity contribution in [3.63, 3.8) is 0 Å². The van der Waals surface area contributed by atoms with E-state index in [1.54, 1.807) is 11.1 Å². The van der Waals surface area contributed by atoms with Gasteiger partial charge < -0.3 is 36.6 Å². The fourth-order valence-electron chi connectivity index (χ4n) is 7.81. The van der Waals surface area contributed by atoms with Gasteiger partial charge in [-0.15, -0.1) is 11.8 Å². The van der Waals surface area contributed by atoms with Crippen LogP contribution in [0.3, 0.4) is 0 Å². The molecule has 0 aliphatic carbocycles. The van der Waals surface area contributed by atoms with Crippen LogP contribution in [0, 0.1) is 11.8 Å². The van der Waals surface area contributed by atoms with E-state index >= 15 is 0 Å². The summed E-state index contributed by atoms with van der Waals surface area (Å²) in [5, 5.41) is 23.3. The van der Waals surface area contributed by atoms with Crippen LogP contribution in [0.25, 0.3) is 0 Å². The lowest BCUT2D eigenvalue weighted by Gasteiger charge is -2.39. The Morgan fingerprint density at radius 3 is 2.18 bits per heavy atom. The summed E-state index contributed by atoms with van der Waals surface area (Å²) in [6.45, 7) is 24.6. The zero-order valence-corrected chi connectivity index (χ0v) is 30.6. The average Bonchev–Trinajstić information content (AvgIpc) is 2.98. The highest BCUT2D eigenvalue weighted by molar-refractivity contribution is 8.03. The molecule has 5 aliphatic heterocycles. The van der Waals surface area contributed by atoms with Gasteiger partial charge in [-0.05, 0) is 105 Å². The first-order valence-corrected chi connectivity index (χ1v) is 18.6. The fourth-order valence-corrected chi connectivity index (χ4v) is 9.08. The molecule has 0 aromatic carbocycles. The standard InChI is InChI=1S/C37H62N6OS/c1-11-36-27(9)41-28(10)37(45-36)17-35-26(8)39-19-32(44-35)16-34-25(7)38-18-31(43-34)14-29-13-30(24(6)40-23(29)5)15-33-21(3)12-20(2)22(4)42-33/h20,22,24,28,30-32,37-43H,11-19H2,1-10H3. The molecule has 0 aromatic rings. The molecule has 0 aromatic heterocycles. The topological polar surface area (TPSA) is 81.4 Å². The first-order valence-electron chi connectivity index (χ1n) is 17.7. The van der Waals surface area contributed by atoms with Crippen LogP contribution in [0.15, 0.2) is 56.0 Å². The predicted molar refractivity (Wildman–Crippen MR) is 191 cm³/mol. The number of hydrogen-bond acceptors (Lipinski definition) is 8. The second kappa shape index (κ2) is 14.6. The number of nitrogens with one attached hydrogen (secondary N) is 6. The largest absolute Gasteiger partial charge is 0.491 e. The maximum Gasteiger partial charge on any atom is 0.121 e. The minimum absolute atomic E-state index is 0.119. The molecule has 0 saturated heterocycles. The van der Waals surface area contributed by atoms with E-state index in [2.05, 4.69) is 101 Å². The van der Waals surface area contributed by atoms with Gasteiger partial charge in [-0.3, -0.25) is 0 Å². The highest BCUT2D eigenvalue weighted by atomic mass is 32.2. The normalized spacial score (nSPS) is 34.4. The van der Waals surface area contributed by atoms with Gasteiger partial charge in [-0.1, -0.05) is 19.4 Å². The molecule has 6 N–H and O–H groups in total. The lowest BCUT2D eigenvalue weighted by molar-refractivity contribution is 0.0871. The number of allylic oxidation sites excluding steroid dienone is 8. The average molecular weight is 639 g/mol. The zero-order valence-electron chi connectivity index (χ0n) is 29.8. The van der Waals surface area contributed by atoms with Crippen molar-refractivity contribution in [2.45, 2.75) is 150 Å². The molecule has 0 bridgehead atoms. The van der Waals surface area contributed by atoms with Crippen LogP contribution in [0.2, 0.25) is 0 Å². The smallest absolute Gasteiger partial charge is 0.121 e. The summed E-state index contributed by atoms with van der Waals surface area (Å²) in [4.78, 5) is 1.47. The summed E-state index contributed by atoms with van der Waals surface area (Å²) in [7, 11) is 0. The Hall–Kier alpha value is -2.35. The Kier molecular flexibility index (Phi) is 11.0. The number of rotatable bonds is 9. The van der Waals surface area contributed by atoms with Gasteiger partial charge in [-0.25, -0.2) is 0 Å². The predicted octanol–water partition coefficient (Wildman–Crippen LogP) is 6.86. The maximum absolute atomic E-state index is 6.75. The highest BCUT2D eigenvalue weighted by Crippen LogP contribution is 2.38. The quantitative estimate of drug-likeness (QED) is 0.164. The van der Waals surface area contributed by atoms with Gasteiger partial charge in [-0.2, -0.15) is 0 Å². The molecule has 5 heterocycles. The summed E-state index contributed by atoms with van der Waals surface area (Å²) >= 11 is 2.04. The SMILES string of the molecule is CCC1=C(C)NC(C)C(CC2=C(C)NCC(CC3=C(C)NCC(CC4=C(C)NC(C)C(CC5=C(C)CC(C)C(C)N5)C4)N3)O2)S1. The molecule has 0 fully saturated rings. The Morgan fingerprint density at radius 1 is 0.689 bits per heavy atom. The lowest BCUT2D eigenvalue weighted by Crippen LogP contribution is -2.47. The third-order valence-corrected chi connectivity index (χ3v) is 12.9. The summed E-state index contributed by atoms with van der Waals surface area (Å²) < 4.78 is 6.75. The molecular weight excluding hydrogens is 577 g/mol. The van der Waals surface area contributed by atoms with E-state index in [9.17, 15) is 0 Å². The van der Waals surface area contributed by atoms with Crippen molar-refractivity contribution in [1.29, 1.82) is 0 Å². The van der Waals surface area contributed by atoms with E-state index in [0.717, 1.165) is 51.0 Å². The molecule has 0 saturated carbocycles. The van der Waals surface area contributed by atoms with E-state index in [1.165, 1.54) is 51.9 Å². The molecule has 8 unspecified atom stereocenters. The van der Waals surface area contributed by atoms with E-state index < -0.39 is 0 Å². The Balaban J connectivity index is 1.18. The highest BCUT2D eigenvalue weighted by Gasteiger charge is 2.33. The fraction of sp³-hybridized carbons (Fsp3) is 0.730. The minimum Gasteiger partial charge on any atom is -0.491 e. The van der Waals surface area contributed by atoms with E-state index in [1.807, 2.05) is 11.8 Å². The molecule has 45 heavy (non-hydrogen) atoms. The maximum atomic E-state index is 6.75. The molecule has 0 radical (unpaired) electrons. The lowest BCUT2D eigenvalue weighted by atomic mass is 9.80. The van der Waals surface area contributed by atoms with Gasteiger partial charge in [0.15, 0.2) is 0 Å². The summed E-state index contributed by atoms with van der Waals surface area (Å²) in [5.41, 5.74) is 11.1. The molecule has 8 heteroatoms. The number of hydrogen-bond donors (Lipinski definition) is 6. The third-order valence-electron chi connectivity index (χ3n) is 11.2. The van der Waals surface area contributed by atoms with E-state index in [0.29, 0.717) is 41.3 Å². The van der Waals surface area contributed by atoms with Crippen LogP contribution in [0.1, 0.15) is 114 Å². The van der Waals surface area contributed by atoms with E-state index in [-0.39, 0.29) is 6.10 Å². The van der Waals surface area contributed by atoms with Crippen LogP contribution in [-0.4, -0.2) is 48.6 Å². The Bertz CT molecular complexity index is 1260. The summed E-state index contributed by atoms with van der Waals surface area (Å²) in [6, 6.07) is 1.84. The van der Waals surface area contributed by atoms with Gasteiger partial charge in [0.05, 0.1) is 6.54 Å². The summed E-state index contributed by atoms with van der Waals surface area (Å²) in [5.74, 6) is 2.44. The van der Waals surface area contributed by atoms with Crippen molar-refractivity contribution in [1.82, 2.24) is 31.9 Å². The Morgan fingerprint density at radius 2 is 1.42 bits per heavy atom. The Labute approximate surface area is 278 Å². The molecule has 252 valence electrons. The second-order valence-corrected chi connectivity index (χ2v) is 16.1. The van der Waals surface area contributed by atoms with Gasteiger partial charge in [0, 0.05) is 87.9 Å². The van der Waals surface area contributed by atoms with Crippen LogP contribution in [0.5, 0.6) is 0 Å². The molecule has 0 amide bonds. The van der Waals surface area contributed by atoms with Crippen molar-refractivity contribution in [3.8, 4) is 0 Å². The van der Waals surface area contributed by atoms with Gasteiger partial charge in [0.25, 0.3) is 0 Å². The van der Waals surface area contributed by atoms with Gasteiger partial charge in [0.1, 0.15) is 11.9 Å². The molecule has 0 spiro atoms. The van der Waals surface area contributed by atoms with Crippen molar-refractivity contribution in [2.24, 2.45) is 11.8 Å². The van der Waals surface area contributed by atoms with Gasteiger partial charge >= 0.3 is 0 Å². The minimum atomic E-state index is 0.119. The zero-order chi connectivity index (χ0) is 32.4. The second-order valence-electron chi connectivity index (χ2n) is 14.8. The molecule has 8 atom stereocenters. The van der Waals surface area contributed by atoms with Gasteiger partial charge in [0.2, 0.25) is 0 Å². The van der Waals surface area contributed by atoms with Crippen molar-refractivity contribution >= 4 is 11.8 Å². The molecule has 5 rings (SSSR count). The van der Waals surface area contributed by atoms with Crippen LogP contribution in [-0.2, 0) is 4.74 Å². The van der Waals surface area contributed by atoms with Crippen LogP contribution < -0.4 is 31.9 Å². The molecule has 7 nitrogen and oxygen atoms in total. The number of ether oxygens (including phenoxy) is 1. The first kappa shape index (κ1) is 34.0. The first-order chi connectivity index (χ1) is 21.4. The number of thioether (sulfide) groups is 1. The van der Waals surface area contributed by atoms with Crippen molar-refractivity contribution < 1.29 is 4.74 Å². The van der Waals surface area contributed by atoms with Crippen LogP contribution >= 0.6 is 11.8 Å². The van der Waals surface area contributed by atoms with Crippen molar-refractivity contribution in [3.05, 3.63) is 56.0 Å². The van der Waals surface area contributed by atoms with Crippen molar-refractivity contribution in [2.75, 3.05) is 13.1 Å². The van der Waals surface area contributed by atoms with Crippen LogP contribution in [0.4, 0.5) is 0 Å². The summed E-state index contributed by atoms with van der Waals surface area (Å²) in [6.07, 6.45) is 7.62.